The number of para-hydroxylation sites is 1. The molecule has 3 N–H and O–H groups in total. The van der Waals surface area contributed by atoms with Gasteiger partial charge in [0, 0.05) is 18.8 Å². The van der Waals surface area contributed by atoms with Gasteiger partial charge in [-0.3, -0.25) is 9.59 Å². The Hall–Kier alpha value is -1.88. The Morgan fingerprint density at radius 2 is 1.90 bits per heavy atom. The van der Waals surface area contributed by atoms with E-state index in [1.54, 1.807) is 0 Å². The summed E-state index contributed by atoms with van der Waals surface area (Å²) in [6, 6.07) is 5.78. The highest BCUT2D eigenvalue weighted by Crippen LogP contribution is 2.20. The summed E-state index contributed by atoms with van der Waals surface area (Å²) in [4.78, 5) is 23.6. The number of aliphatic hydroxyl groups excluding tert-OH is 1. The summed E-state index contributed by atoms with van der Waals surface area (Å²) < 4.78 is 0. The van der Waals surface area contributed by atoms with E-state index >= 15 is 0 Å². The first kappa shape index (κ1) is 17.2. The number of carbonyl (C=O) groups is 2. The van der Waals surface area contributed by atoms with Crippen LogP contribution in [0.5, 0.6) is 0 Å². The van der Waals surface area contributed by atoms with Gasteiger partial charge in [-0.15, -0.1) is 0 Å². The second kappa shape index (κ2) is 9.13. The predicted molar refractivity (Wildman–Crippen MR) is 83.1 cm³/mol. The maximum atomic E-state index is 11.9. The normalized spacial score (nSPS) is 10.2. The summed E-state index contributed by atoms with van der Waals surface area (Å²) in [6.45, 7) is 4.51. The highest BCUT2D eigenvalue weighted by atomic mass is 16.3. The van der Waals surface area contributed by atoms with Crippen LogP contribution < -0.4 is 10.6 Å². The third kappa shape index (κ3) is 5.55. The molecule has 0 unspecified atom stereocenters. The van der Waals surface area contributed by atoms with Gasteiger partial charge in [0.25, 0.3) is 0 Å². The minimum atomic E-state index is -0.638. The van der Waals surface area contributed by atoms with Crippen LogP contribution in [0.15, 0.2) is 18.2 Å². The lowest BCUT2D eigenvalue weighted by molar-refractivity contribution is -0.136. The summed E-state index contributed by atoms with van der Waals surface area (Å²) >= 11 is 0. The van der Waals surface area contributed by atoms with E-state index in [-0.39, 0.29) is 6.61 Å². The zero-order valence-corrected chi connectivity index (χ0v) is 12.7. The van der Waals surface area contributed by atoms with Crippen molar-refractivity contribution in [2.75, 3.05) is 18.5 Å². The molecule has 0 spiro atoms. The largest absolute Gasteiger partial charge is 0.396 e. The van der Waals surface area contributed by atoms with Gasteiger partial charge in [-0.2, -0.15) is 0 Å². The number of nitrogens with one attached hydrogen (secondary N) is 2. The van der Waals surface area contributed by atoms with Crippen LogP contribution in [0, 0.1) is 6.92 Å². The number of unbranched alkanes of at least 4 members (excludes halogenated alkanes) is 2. The maximum absolute atomic E-state index is 11.9. The fourth-order valence-electron chi connectivity index (χ4n) is 2.07. The van der Waals surface area contributed by atoms with Gasteiger partial charge in [0.15, 0.2) is 0 Å². The van der Waals surface area contributed by atoms with Gasteiger partial charge in [-0.1, -0.05) is 25.1 Å². The molecule has 21 heavy (non-hydrogen) atoms. The molecule has 0 atom stereocenters. The zero-order chi connectivity index (χ0) is 15.7. The molecule has 0 aliphatic rings. The molecule has 0 aliphatic carbocycles. The van der Waals surface area contributed by atoms with Crippen LogP contribution in [-0.4, -0.2) is 30.1 Å². The standard InChI is InChI=1S/C16H24N2O3/c1-3-13-9-7-8-12(2)14(13)18-16(21)15(20)17-10-5-4-6-11-19/h7-9,19H,3-6,10-11H2,1-2H3,(H,17,20)(H,18,21). The number of carbonyl (C=O) groups excluding carboxylic acids is 2. The molecule has 2 amide bonds. The molecule has 0 aromatic heterocycles. The van der Waals surface area contributed by atoms with E-state index in [1.807, 2.05) is 32.0 Å². The Kier molecular flexibility index (Phi) is 7.46. The lowest BCUT2D eigenvalue weighted by Gasteiger charge is -2.12. The van der Waals surface area contributed by atoms with E-state index in [9.17, 15) is 9.59 Å². The summed E-state index contributed by atoms with van der Waals surface area (Å²) in [5, 5.41) is 13.9. The molecule has 0 heterocycles. The van der Waals surface area contributed by atoms with Crippen molar-refractivity contribution in [1.29, 1.82) is 0 Å². The quantitative estimate of drug-likeness (QED) is 0.529. The second-order valence-electron chi connectivity index (χ2n) is 4.96. The molecule has 0 radical (unpaired) electrons. The highest BCUT2D eigenvalue weighted by molar-refractivity contribution is 6.39. The first-order valence-corrected chi connectivity index (χ1v) is 7.38. The average Bonchev–Trinajstić information content (AvgIpc) is 2.48. The van der Waals surface area contributed by atoms with E-state index in [0.717, 1.165) is 36.1 Å². The average molecular weight is 292 g/mol. The smallest absolute Gasteiger partial charge is 0.313 e. The van der Waals surface area contributed by atoms with Crippen LogP contribution in [0.1, 0.15) is 37.3 Å². The fraction of sp³-hybridized carbons (Fsp3) is 0.500. The molecule has 1 aromatic carbocycles. The van der Waals surface area contributed by atoms with E-state index in [4.69, 9.17) is 5.11 Å². The van der Waals surface area contributed by atoms with Crippen LogP contribution in [0.2, 0.25) is 0 Å². The number of hydrogen-bond acceptors (Lipinski definition) is 3. The van der Waals surface area contributed by atoms with Crippen molar-refractivity contribution in [3.05, 3.63) is 29.3 Å². The Balaban J connectivity index is 2.51. The number of hydrogen-bond donors (Lipinski definition) is 3. The number of aryl methyl sites for hydroxylation is 2. The van der Waals surface area contributed by atoms with Crippen LogP contribution in [0.3, 0.4) is 0 Å². The molecule has 5 heteroatoms. The molecule has 0 aliphatic heterocycles. The molecule has 0 bridgehead atoms. The number of amides is 2. The first-order chi connectivity index (χ1) is 10.1. The van der Waals surface area contributed by atoms with Crippen LogP contribution in [0.4, 0.5) is 5.69 Å². The van der Waals surface area contributed by atoms with Gasteiger partial charge in [0.1, 0.15) is 0 Å². The van der Waals surface area contributed by atoms with Crippen molar-refractivity contribution in [1.82, 2.24) is 5.32 Å². The van der Waals surface area contributed by atoms with Crippen LogP contribution in [-0.2, 0) is 16.0 Å². The summed E-state index contributed by atoms with van der Waals surface area (Å²) in [6.07, 6.45) is 3.09. The Morgan fingerprint density at radius 3 is 2.57 bits per heavy atom. The van der Waals surface area contributed by atoms with Gasteiger partial charge in [0.05, 0.1) is 0 Å². The molecule has 1 aromatic rings. The fourth-order valence-corrected chi connectivity index (χ4v) is 2.07. The summed E-state index contributed by atoms with van der Waals surface area (Å²) in [5.41, 5.74) is 2.68. The van der Waals surface area contributed by atoms with E-state index < -0.39 is 11.8 Å². The van der Waals surface area contributed by atoms with E-state index in [1.165, 1.54) is 0 Å². The zero-order valence-electron chi connectivity index (χ0n) is 12.7. The van der Waals surface area contributed by atoms with Crippen LogP contribution >= 0.6 is 0 Å². The number of benzene rings is 1. The van der Waals surface area contributed by atoms with E-state index in [2.05, 4.69) is 10.6 Å². The van der Waals surface area contributed by atoms with Gasteiger partial charge in [-0.25, -0.2) is 0 Å². The highest BCUT2D eigenvalue weighted by Gasteiger charge is 2.15. The lowest BCUT2D eigenvalue weighted by atomic mass is 10.1. The Bertz CT molecular complexity index is 486. The second-order valence-corrected chi connectivity index (χ2v) is 4.96. The van der Waals surface area contributed by atoms with Gasteiger partial charge >= 0.3 is 11.8 Å². The van der Waals surface area contributed by atoms with Gasteiger partial charge in [0.2, 0.25) is 0 Å². The first-order valence-electron chi connectivity index (χ1n) is 7.38. The Morgan fingerprint density at radius 1 is 1.14 bits per heavy atom. The van der Waals surface area contributed by atoms with Crippen molar-refractivity contribution in [3.8, 4) is 0 Å². The molecular formula is C16H24N2O3. The molecule has 116 valence electrons. The minimum Gasteiger partial charge on any atom is -0.396 e. The molecule has 5 nitrogen and oxygen atoms in total. The number of aliphatic hydroxyl groups is 1. The third-order valence-electron chi connectivity index (χ3n) is 3.31. The number of rotatable bonds is 7. The number of anilines is 1. The van der Waals surface area contributed by atoms with Gasteiger partial charge in [-0.05, 0) is 43.7 Å². The van der Waals surface area contributed by atoms with E-state index in [0.29, 0.717) is 13.0 Å². The maximum Gasteiger partial charge on any atom is 0.313 e. The molecule has 0 fully saturated rings. The van der Waals surface area contributed by atoms with Crippen molar-refractivity contribution in [2.45, 2.75) is 39.5 Å². The van der Waals surface area contributed by atoms with Crippen molar-refractivity contribution >= 4 is 17.5 Å². The Labute approximate surface area is 125 Å². The third-order valence-corrected chi connectivity index (χ3v) is 3.31. The SMILES string of the molecule is CCc1cccc(C)c1NC(=O)C(=O)NCCCCCO. The van der Waals surface area contributed by atoms with Gasteiger partial charge < -0.3 is 15.7 Å². The minimum absolute atomic E-state index is 0.154. The topological polar surface area (TPSA) is 78.4 Å². The summed E-state index contributed by atoms with van der Waals surface area (Å²) in [5.74, 6) is -1.26. The molecular weight excluding hydrogens is 268 g/mol. The summed E-state index contributed by atoms with van der Waals surface area (Å²) in [7, 11) is 0. The predicted octanol–water partition coefficient (Wildman–Crippen LogP) is 1.77. The molecule has 1 rings (SSSR count). The molecule has 0 saturated carbocycles. The molecule has 0 saturated heterocycles. The lowest BCUT2D eigenvalue weighted by Crippen LogP contribution is -2.36. The van der Waals surface area contributed by atoms with Crippen molar-refractivity contribution in [2.24, 2.45) is 0 Å². The monoisotopic (exact) mass is 292 g/mol. The van der Waals surface area contributed by atoms with Crippen LogP contribution in [0.25, 0.3) is 0 Å². The van der Waals surface area contributed by atoms with Crippen molar-refractivity contribution < 1.29 is 14.7 Å². The van der Waals surface area contributed by atoms with Crippen molar-refractivity contribution in [3.63, 3.8) is 0 Å².